The number of nitrogens with one attached hydrogen (secondary N) is 1. The molecule has 1 fully saturated rings. The summed E-state index contributed by atoms with van der Waals surface area (Å²) in [6, 6.07) is 6.14. The number of benzene rings is 1. The predicted molar refractivity (Wildman–Crippen MR) is 70.3 cm³/mol. The minimum absolute atomic E-state index is 0.0614. The second-order valence-electron chi connectivity index (χ2n) is 5.03. The van der Waals surface area contributed by atoms with Gasteiger partial charge in [0.05, 0.1) is 5.56 Å². The van der Waals surface area contributed by atoms with E-state index in [0.717, 1.165) is 12.5 Å². The van der Waals surface area contributed by atoms with Crippen LogP contribution in [0.3, 0.4) is 0 Å². The van der Waals surface area contributed by atoms with Crippen molar-refractivity contribution in [3.63, 3.8) is 0 Å². The van der Waals surface area contributed by atoms with Gasteiger partial charge in [0.25, 0.3) is 0 Å². The fourth-order valence-corrected chi connectivity index (χ4v) is 2.50. The molecule has 1 aliphatic rings. The Hall–Kier alpha value is -1.23. The number of hydrogen-bond donors (Lipinski definition) is 1. The van der Waals surface area contributed by atoms with Crippen molar-refractivity contribution in [1.29, 1.82) is 0 Å². The van der Waals surface area contributed by atoms with Gasteiger partial charge in [-0.25, -0.2) is 0 Å². The van der Waals surface area contributed by atoms with Crippen LogP contribution in [0.15, 0.2) is 24.3 Å². The third-order valence-electron chi connectivity index (χ3n) is 3.66. The van der Waals surface area contributed by atoms with Gasteiger partial charge >= 0.3 is 6.18 Å². The normalized spacial score (nSPS) is 24.6. The number of nitrogens with zero attached hydrogens (tertiary/aromatic N) is 1. The Morgan fingerprint density at radius 3 is 2.63 bits per heavy atom. The van der Waals surface area contributed by atoms with Crippen LogP contribution in [0.25, 0.3) is 0 Å². The number of piperazine rings is 1. The maximum absolute atomic E-state index is 13.1. The first-order valence-corrected chi connectivity index (χ1v) is 6.59. The van der Waals surface area contributed by atoms with Crippen LogP contribution in [0.5, 0.6) is 0 Å². The van der Waals surface area contributed by atoms with Gasteiger partial charge < -0.3 is 10.2 Å². The van der Waals surface area contributed by atoms with Crippen molar-refractivity contribution in [2.24, 2.45) is 0 Å². The number of anilines is 1. The molecule has 0 saturated carbocycles. The molecular weight excluding hydrogens is 253 g/mol. The van der Waals surface area contributed by atoms with E-state index in [9.17, 15) is 13.2 Å². The zero-order chi connectivity index (χ0) is 14.0. The second-order valence-corrected chi connectivity index (χ2v) is 5.03. The monoisotopic (exact) mass is 272 g/mol. The summed E-state index contributed by atoms with van der Waals surface area (Å²) in [5.41, 5.74) is -0.249. The molecule has 2 rings (SSSR count). The van der Waals surface area contributed by atoms with Gasteiger partial charge in [-0.1, -0.05) is 19.1 Å². The summed E-state index contributed by atoms with van der Waals surface area (Å²) in [5.74, 6) is 0. The second kappa shape index (κ2) is 5.41. The van der Waals surface area contributed by atoms with Gasteiger partial charge in [0, 0.05) is 30.9 Å². The van der Waals surface area contributed by atoms with E-state index in [2.05, 4.69) is 5.32 Å². The SMILES string of the molecule is CCC1CN(c2ccccc2C(F)(F)F)C(C)CN1. The van der Waals surface area contributed by atoms with Crippen LogP contribution < -0.4 is 10.2 Å². The highest BCUT2D eigenvalue weighted by Gasteiger charge is 2.36. The molecule has 0 radical (unpaired) electrons. The Bertz CT molecular complexity index is 431. The van der Waals surface area contributed by atoms with Crippen LogP contribution in [-0.4, -0.2) is 25.2 Å². The minimum atomic E-state index is -4.30. The zero-order valence-electron chi connectivity index (χ0n) is 11.2. The van der Waals surface area contributed by atoms with Gasteiger partial charge in [-0.05, 0) is 25.5 Å². The predicted octanol–water partition coefficient (Wildman–Crippen LogP) is 3.28. The highest BCUT2D eigenvalue weighted by molar-refractivity contribution is 5.56. The molecule has 1 heterocycles. The first kappa shape index (κ1) is 14.2. The van der Waals surface area contributed by atoms with Crippen LogP contribution >= 0.6 is 0 Å². The maximum atomic E-state index is 13.1. The summed E-state index contributed by atoms with van der Waals surface area (Å²) in [6.45, 7) is 5.32. The first-order chi connectivity index (χ1) is 8.93. The van der Waals surface area contributed by atoms with Crippen LogP contribution in [0.2, 0.25) is 0 Å². The number of para-hydroxylation sites is 1. The fourth-order valence-electron chi connectivity index (χ4n) is 2.50. The molecule has 0 bridgehead atoms. The molecule has 2 atom stereocenters. The molecular formula is C14H19F3N2. The lowest BCUT2D eigenvalue weighted by Crippen LogP contribution is -2.55. The average Bonchev–Trinajstić information content (AvgIpc) is 2.38. The van der Waals surface area contributed by atoms with E-state index in [-0.39, 0.29) is 12.1 Å². The number of alkyl halides is 3. The van der Waals surface area contributed by atoms with Crippen molar-refractivity contribution in [2.75, 3.05) is 18.0 Å². The molecule has 0 spiro atoms. The molecule has 0 amide bonds. The summed E-state index contributed by atoms with van der Waals surface area (Å²) in [6.07, 6.45) is -3.39. The molecule has 19 heavy (non-hydrogen) atoms. The summed E-state index contributed by atoms with van der Waals surface area (Å²) < 4.78 is 39.2. The molecule has 1 aromatic rings. The van der Waals surface area contributed by atoms with E-state index in [1.54, 1.807) is 12.1 Å². The zero-order valence-corrected chi connectivity index (χ0v) is 11.2. The largest absolute Gasteiger partial charge is 0.418 e. The third-order valence-corrected chi connectivity index (χ3v) is 3.66. The van der Waals surface area contributed by atoms with E-state index in [0.29, 0.717) is 18.8 Å². The van der Waals surface area contributed by atoms with E-state index >= 15 is 0 Å². The van der Waals surface area contributed by atoms with E-state index in [1.165, 1.54) is 6.07 Å². The van der Waals surface area contributed by atoms with Crippen molar-refractivity contribution in [1.82, 2.24) is 5.32 Å². The Balaban J connectivity index is 2.35. The standard InChI is InChI=1S/C14H19F3N2/c1-3-11-9-19(10(2)8-18-11)13-7-5-4-6-12(13)14(15,16)17/h4-7,10-11,18H,3,8-9H2,1-2H3. The Labute approximate surface area is 111 Å². The summed E-state index contributed by atoms with van der Waals surface area (Å²) in [4.78, 5) is 1.87. The molecule has 1 aromatic carbocycles. The fraction of sp³-hybridized carbons (Fsp3) is 0.571. The quantitative estimate of drug-likeness (QED) is 0.888. The Morgan fingerprint density at radius 2 is 2.00 bits per heavy atom. The molecule has 2 unspecified atom stereocenters. The summed E-state index contributed by atoms with van der Waals surface area (Å²) in [7, 11) is 0. The Kier molecular flexibility index (Phi) is 4.04. The molecule has 0 aromatic heterocycles. The van der Waals surface area contributed by atoms with Crippen molar-refractivity contribution in [3.05, 3.63) is 29.8 Å². The van der Waals surface area contributed by atoms with Crippen LogP contribution in [0, 0.1) is 0 Å². The molecule has 1 aliphatic heterocycles. The molecule has 0 aliphatic carbocycles. The average molecular weight is 272 g/mol. The van der Waals surface area contributed by atoms with Gasteiger partial charge in [0.2, 0.25) is 0 Å². The van der Waals surface area contributed by atoms with E-state index in [1.807, 2.05) is 18.7 Å². The van der Waals surface area contributed by atoms with E-state index in [4.69, 9.17) is 0 Å². The Morgan fingerprint density at radius 1 is 1.32 bits per heavy atom. The number of hydrogen-bond acceptors (Lipinski definition) is 2. The number of halogens is 3. The van der Waals surface area contributed by atoms with Crippen LogP contribution in [0.1, 0.15) is 25.8 Å². The first-order valence-electron chi connectivity index (χ1n) is 6.59. The van der Waals surface area contributed by atoms with Gasteiger partial charge in [-0.2, -0.15) is 13.2 Å². The van der Waals surface area contributed by atoms with Gasteiger partial charge in [-0.3, -0.25) is 0 Å². The minimum Gasteiger partial charge on any atom is -0.365 e. The smallest absolute Gasteiger partial charge is 0.365 e. The third kappa shape index (κ3) is 3.03. The topological polar surface area (TPSA) is 15.3 Å². The molecule has 106 valence electrons. The molecule has 5 heteroatoms. The lowest BCUT2D eigenvalue weighted by molar-refractivity contribution is -0.137. The number of rotatable bonds is 2. The molecule has 2 nitrogen and oxygen atoms in total. The van der Waals surface area contributed by atoms with E-state index < -0.39 is 11.7 Å². The van der Waals surface area contributed by atoms with Crippen LogP contribution in [-0.2, 0) is 6.18 Å². The van der Waals surface area contributed by atoms with Gasteiger partial charge in [0.1, 0.15) is 0 Å². The molecule has 1 saturated heterocycles. The summed E-state index contributed by atoms with van der Waals surface area (Å²) in [5, 5.41) is 3.35. The van der Waals surface area contributed by atoms with Gasteiger partial charge in [-0.15, -0.1) is 0 Å². The highest BCUT2D eigenvalue weighted by atomic mass is 19.4. The van der Waals surface area contributed by atoms with Crippen molar-refractivity contribution >= 4 is 5.69 Å². The summed E-state index contributed by atoms with van der Waals surface area (Å²) >= 11 is 0. The van der Waals surface area contributed by atoms with Crippen molar-refractivity contribution in [2.45, 2.75) is 38.5 Å². The van der Waals surface area contributed by atoms with Gasteiger partial charge in [0.15, 0.2) is 0 Å². The maximum Gasteiger partial charge on any atom is 0.418 e. The molecule has 1 N–H and O–H groups in total. The lowest BCUT2D eigenvalue weighted by atomic mass is 10.0. The highest BCUT2D eigenvalue weighted by Crippen LogP contribution is 2.37. The van der Waals surface area contributed by atoms with Crippen molar-refractivity contribution < 1.29 is 13.2 Å². The lowest BCUT2D eigenvalue weighted by Gasteiger charge is -2.41. The van der Waals surface area contributed by atoms with Crippen molar-refractivity contribution in [3.8, 4) is 0 Å². The van der Waals surface area contributed by atoms with Crippen LogP contribution in [0.4, 0.5) is 18.9 Å².